The fraction of sp³-hybridized carbons (Fsp3) is 0.438. The zero-order chi connectivity index (χ0) is 13.9. The highest BCUT2D eigenvalue weighted by Gasteiger charge is 2.17. The van der Waals surface area contributed by atoms with Crippen LogP contribution in [0.5, 0.6) is 0 Å². The van der Waals surface area contributed by atoms with Crippen molar-refractivity contribution in [2.24, 2.45) is 0 Å². The van der Waals surface area contributed by atoms with E-state index in [0.29, 0.717) is 6.54 Å². The summed E-state index contributed by atoms with van der Waals surface area (Å²) in [4.78, 5) is 17.2. The number of urea groups is 1. The number of benzene rings is 1. The minimum atomic E-state index is 0.0513. The molecule has 0 saturated carbocycles. The van der Waals surface area contributed by atoms with Crippen LogP contribution >= 0.6 is 0 Å². The Labute approximate surface area is 119 Å². The van der Waals surface area contributed by atoms with Crippen molar-refractivity contribution in [2.75, 3.05) is 13.1 Å². The van der Waals surface area contributed by atoms with Crippen LogP contribution in [0, 0.1) is 0 Å². The summed E-state index contributed by atoms with van der Waals surface area (Å²) in [6.07, 6.45) is 3.29. The number of hydrogen-bond acceptors (Lipinski definition) is 1. The molecule has 0 radical (unpaired) electrons. The highest BCUT2D eigenvalue weighted by atomic mass is 16.2. The standard InChI is InChI=1S/C16H21N3O/c1-2-12-5-6-13-10-14(18-15(13)9-12)11-17-16(20)19-7-3-4-8-19/h5-6,9-10,18H,2-4,7-8,11H2,1H3,(H,17,20). The lowest BCUT2D eigenvalue weighted by Crippen LogP contribution is -2.37. The molecule has 0 bridgehead atoms. The average Bonchev–Trinajstić information content (AvgIpc) is 3.12. The van der Waals surface area contributed by atoms with Crippen molar-refractivity contribution in [2.45, 2.75) is 32.7 Å². The number of hydrogen-bond donors (Lipinski definition) is 2. The summed E-state index contributed by atoms with van der Waals surface area (Å²) in [6.45, 7) is 4.49. The van der Waals surface area contributed by atoms with Crippen LogP contribution in [0.3, 0.4) is 0 Å². The number of carbonyl (C=O) groups is 1. The van der Waals surface area contributed by atoms with E-state index in [2.05, 4.69) is 41.5 Å². The summed E-state index contributed by atoms with van der Waals surface area (Å²) in [5.74, 6) is 0. The zero-order valence-electron chi connectivity index (χ0n) is 11.9. The lowest BCUT2D eigenvalue weighted by atomic mass is 10.1. The number of likely N-dealkylation sites (tertiary alicyclic amines) is 1. The van der Waals surface area contributed by atoms with E-state index in [0.717, 1.165) is 43.6 Å². The molecule has 2 aromatic rings. The highest BCUT2D eigenvalue weighted by Crippen LogP contribution is 2.17. The second-order valence-corrected chi connectivity index (χ2v) is 5.42. The molecule has 4 nitrogen and oxygen atoms in total. The number of aromatic nitrogens is 1. The molecule has 20 heavy (non-hydrogen) atoms. The minimum absolute atomic E-state index is 0.0513. The zero-order valence-corrected chi connectivity index (χ0v) is 11.9. The summed E-state index contributed by atoms with van der Waals surface area (Å²) in [5.41, 5.74) is 3.53. The van der Waals surface area contributed by atoms with Crippen LogP contribution in [-0.2, 0) is 13.0 Å². The Hall–Kier alpha value is -1.97. The molecule has 0 spiro atoms. The third-order valence-electron chi connectivity index (χ3n) is 3.97. The molecule has 0 unspecified atom stereocenters. The minimum Gasteiger partial charge on any atom is -0.357 e. The summed E-state index contributed by atoms with van der Waals surface area (Å²) >= 11 is 0. The van der Waals surface area contributed by atoms with E-state index >= 15 is 0 Å². The third kappa shape index (κ3) is 2.64. The van der Waals surface area contributed by atoms with E-state index in [1.807, 2.05) is 4.90 Å². The Balaban J connectivity index is 1.66. The van der Waals surface area contributed by atoms with E-state index < -0.39 is 0 Å². The first kappa shape index (κ1) is 13.0. The molecule has 0 aliphatic carbocycles. The third-order valence-corrected chi connectivity index (χ3v) is 3.97. The van der Waals surface area contributed by atoms with Gasteiger partial charge in [0.25, 0.3) is 0 Å². The number of nitrogens with one attached hydrogen (secondary N) is 2. The van der Waals surface area contributed by atoms with Gasteiger partial charge >= 0.3 is 6.03 Å². The van der Waals surface area contributed by atoms with Gasteiger partial charge in [-0.2, -0.15) is 0 Å². The number of aryl methyl sites for hydroxylation is 1. The topological polar surface area (TPSA) is 48.1 Å². The molecule has 1 aromatic heterocycles. The van der Waals surface area contributed by atoms with Crippen LogP contribution in [0.1, 0.15) is 31.0 Å². The molecule has 0 atom stereocenters. The van der Waals surface area contributed by atoms with Crippen LogP contribution in [0.25, 0.3) is 10.9 Å². The molecule has 2 N–H and O–H groups in total. The number of nitrogens with zero attached hydrogens (tertiary/aromatic N) is 1. The van der Waals surface area contributed by atoms with Gasteiger partial charge in [0.1, 0.15) is 0 Å². The van der Waals surface area contributed by atoms with Gasteiger partial charge in [0.2, 0.25) is 0 Å². The quantitative estimate of drug-likeness (QED) is 0.885. The smallest absolute Gasteiger partial charge is 0.317 e. The van der Waals surface area contributed by atoms with Crippen LogP contribution < -0.4 is 5.32 Å². The summed E-state index contributed by atoms with van der Waals surface area (Å²) in [6, 6.07) is 8.63. The van der Waals surface area contributed by atoms with Crippen molar-refractivity contribution in [3.05, 3.63) is 35.5 Å². The maximum atomic E-state index is 11.9. The van der Waals surface area contributed by atoms with Gasteiger partial charge in [0.05, 0.1) is 6.54 Å². The van der Waals surface area contributed by atoms with Crippen LogP contribution in [-0.4, -0.2) is 29.0 Å². The molecule has 1 saturated heterocycles. The molecule has 2 amide bonds. The van der Waals surface area contributed by atoms with Gasteiger partial charge in [-0.15, -0.1) is 0 Å². The molecule has 3 rings (SSSR count). The van der Waals surface area contributed by atoms with Gasteiger partial charge in [-0.05, 0) is 42.3 Å². The van der Waals surface area contributed by atoms with Gasteiger partial charge in [0.15, 0.2) is 0 Å². The molecular weight excluding hydrogens is 250 g/mol. The molecule has 106 valence electrons. The Morgan fingerprint density at radius 2 is 2.10 bits per heavy atom. The average molecular weight is 271 g/mol. The number of carbonyl (C=O) groups excluding carboxylic acids is 1. The largest absolute Gasteiger partial charge is 0.357 e. The lowest BCUT2D eigenvalue weighted by molar-refractivity contribution is 0.208. The Kier molecular flexibility index (Phi) is 3.63. The predicted molar refractivity (Wildman–Crippen MR) is 80.7 cm³/mol. The maximum Gasteiger partial charge on any atom is 0.317 e. The normalized spacial score (nSPS) is 14.9. The summed E-state index contributed by atoms with van der Waals surface area (Å²) in [5, 5.41) is 4.19. The second kappa shape index (κ2) is 5.57. The first-order valence-electron chi connectivity index (χ1n) is 7.39. The van der Waals surface area contributed by atoms with Crippen molar-refractivity contribution in [1.82, 2.24) is 15.2 Å². The summed E-state index contributed by atoms with van der Waals surface area (Å²) in [7, 11) is 0. The lowest BCUT2D eigenvalue weighted by Gasteiger charge is -2.15. The van der Waals surface area contributed by atoms with E-state index in [1.54, 1.807) is 0 Å². The monoisotopic (exact) mass is 271 g/mol. The van der Waals surface area contributed by atoms with Crippen LogP contribution in [0.15, 0.2) is 24.3 Å². The molecular formula is C16H21N3O. The Bertz CT molecular complexity index is 611. The number of H-pyrrole nitrogens is 1. The molecule has 2 heterocycles. The fourth-order valence-electron chi connectivity index (χ4n) is 2.75. The van der Waals surface area contributed by atoms with Gasteiger partial charge in [-0.1, -0.05) is 19.1 Å². The number of aromatic amines is 1. The van der Waals surface area contributed by atoms with Crippen molar-refractivity contribution in [3.63, 3.8) is 0 Å². The van der Waals surface area contributed by atoms with Gasteiger partial charge in [-0.25, -0.2) is 4.79 Å². The van der Waals surface area contributed by atoms with Crippen molar-refractivity contribution >= 4 is 16.9 Å². The number of fused-ring (bicyclic) bond motifs is 1. The van der Waals surface area contributed by atoms with E-state index in [9.17, 15) is 4.79 Å². The first-order valence-corrected chi connectivity index (χ1v) is 7.39. The van der Waals surface area contributed by atoms with E-state index in [-0.39, 0.29) is 6.03 Å². The molecule has 1 aliphatic heterocycles. The SMILES string of the molecule is CCc1ccc2cc(CNC(=O)N3CCCC3)[nH]c2c1. The van der Waals surface area contributed by atoms with Crippen LogP contribution in [0.2, 0.25) is 0 Å². The molecule has 1 aromatic carbocycles. The Morgan fingerprint density at radius 3 is 2.85 bits per heavy atom. The Morgan fingerprint density at radius 1 is 1.30 bits per heavy atom. The highest BCUT2D eigenvalue weighted by molar-refractivity contribution is 5.81. The van der Waals surface area contributed by atoms with Crippen molar-refractivity contribution in [1.29, 1.82) is 0 Å². The van der Waals surface area contributed by atoms with Crippen molar-refractivity contribution in [3.8, 4) is 0 Å². The fourth-order valence-corrected chi connectivity index (χ4v) is 2.75. The van der Waals surface area contributed by atoms with Gasteiger partial charge in [-0.3, -0.25) is 0 Å². The first-order chi connectivity index (χ1) is 9.76. The second-order valence-electron chi connectivity index (χ2n) is 5.42. The predicted octanol–water partition coefficient (Wildman–Crippen LogP) is 3.04. The van der Waals surface area contributed by atoms with Gasteiger partial charge < -0.3 is 15.2 Å². The molecule has 1 fully saturated rings. The number of rotatable bonds is 3. The molecule has 4 heteroatoms. The van der Waals surface area contributed by atoms with Gasteiger partial charge in [0, 0.05) is 24.3 Å². The maximum absolute atomic E-state index is 11.9. The van der Waals surface area contributed by atoms with Crippen molar-refractivity contribution < 1.29 is 4.79 Å². The molecule has 1 aliphatic rings. The van der Waals surface area contributed by atoms with E-state index in [4.69, 9.17) is 0 Å². The van der Waals surface area contributed by atoms with Crippen LogP contribution in [0.4, 0.5) is 4.79 Å². The van der Waals surface area contributed by atoms with E-state index in [1.165, 1.54) is 10.9 Å². The number of amides is 2. The summed E-state index contributed by atoms with van der Waals surface area (Å²) < 4.78 is 0.